The van der Waals surface area contributed by atoms with Crippen LogP contribution in [0.2, 0.25) is 0 Å². The first-order valence-electron chi connectivity index (χ1n) is 5.92. The Balaban J connectivity index is 1.91. The van der Waals surface area contributed by atoms with Crippen LogP contribution in [0.5, 0.6) is 0 Å². The van der Waals surface area contributed by atoms with Gasteiger partial charge in [0.25, 0.3) is 0 Å². The summed E-state index contributed by atoms with van der Waals surface area (Å²) in [5, 5.41) is 0. The Kier molecular flexibility index (Phi) is 4.09. The fourth-order valence-electron chi connectivity index (χ4n) is 1.89. The zero-order valence-corrected chi connectivity index (χ0v) is 9.73. The van der Waals surface area contributed by atoms with E-state index in [1.807, 2.05) is 6.07 Å². The van der Waals surface area contributed by atoms with Crippen LogP contribution >= 0.6 is 0 Å². The molecule has 3 nitrogen and oxygen atoms in total. The number of nitrogens with two attached hydrogens (primary N) is 1. The second kappa shape index (κ2) is 5.77. The Labute approximate surface area is 100 Å². The van der Waals surface area contributed by atoms with Crippen LogP contribution < -0.4 is 5.73 Å². The molecule has 0 bridgehead atoms. The van der Waals surface area contributed by atoms with Crippen LogP contribution in [0.15, 0.2) is 29.3 Å². The number of nitrogens with zero attached hydrogens (tertiary/aromatic N) is 1. The number of hydrogen-bond donors (Lipinski definition) is 1. The molecule has 2 rings (SSSR count). The molecule has 92 valence electrons. The van der Waals surface area contributed by atoms with Gasteiger partial charge in [0.2, 0.25) is 0 Å². The molecule has 1 heterocycles. The van der Waals surface area contributed by atoms with Crippen molar-refractivity contribution in [2.24, 2.45) is 10.7 Å². The third-order valence-corrected chi connectivity index (χ3v) is 2.75. The van der Waals surface area contributed by atoms with Gasteiger partial charge < -0.3 is 10.5 Å². The van der Waals surface area contributed by atoms with Gasteiger partial charge in [-0.25, -0.2) is 9.38 Å². The summed E-state index contributed by atoms with van der Waals surface area (Å²) in [6, 6.07) is 6.75. The number of benzene rings is 1. The zero-order chi connectivity index (χ0) is 12.1. The van der Waals surface area contributed by atoms with Crippen molar-refractivity contribution in [2.75, 3.05) is 13.2 Å². The lowest BCUT2D eigenvalue weighted by Crippen LogP contribution is -2.09. The summed E-state index contributed by atoms with van der Waals surface area (Å²) in [6.45, 7) is 1.32. The smallest absolute Gasteiger partial charge is 0.188 e. The lowest BCUT2D eigenvalue weighted by atomic mass is 10.1. The van der Waals surface area contributed by atoms with E-state index in [4.69, 9.17) is 10.5 Å². The van der Waals surface area contributed by atoms with Crippen LogP contribution in [0.4, 0.5) is 4.39 Å². The Morgan fingerprint density at radius 3 is 3.12 bits per heavy atom. The number of aliphatic imine (C=N–C) groups is 1. The van der Waals surface area contributed by atoms with Crippen LogP contribution in [-0.4, -0.2) is 25.1 Å². The molecule has 0 aliphatic carbocycles. The molecule has 0 saturated carbocycles. The number of ether oxygens (including phenoxy) is 1. The van der Waals surface area contributed by atoms with Crippen LogP contribution in [0.1, 0.15) is 18.4 Å². The van der Waals surface area contributed by atoms with Gasteiger partial charge in [-0.2, -0.15) is 0 Å². The maximum atomic E-state index is 13.0. The molecule has 2 N–H and O–H groups in total. The van der Waals surface area contributed by atoms with Crippen molar-refractivity contribution >= 4 is 5.90 Å². The van der Waals surface area contributed by atoms with Crippen molar-refractivity contribution in [3.8, 4) is 0 Å². The van der Waals surface area contributed by atoms with E-state index in [9.17, 15) is 4.39 Å². The highest BCUT2D eigenvalue weighted by molar-refractivity contribution is 5.80. The van der Waals surface area contributed by atoms with Gasteiger partial charge in [-0.15, -0.1) is 0 Å². The fraction of sp³-hybridized carbons (Fsp3) is 0.462. The quantitative estimate of drug-likeness (QED) is 0.848. The summed E-state index contributed by atoms with van der Waals surface area (Å²) in [5.74, 6) is 0.485. The first kappa shape index (κ1) is 12.0. The van der Waals surface area contributed by atoms with Gasteiger partial charge in [-0.1, -0.05) is 12.1 Å². The molecule has 4 heteroatoms. The Hall–Kier alpha value is -1.42. The second-order valence-electron chi connectivity index (χ2n) is 4.23. The van der Waals surface area contributed by atoms with Crippen molar-refractivity contribution in [2.45, 2.75) is 25.3 Å². The average molecular weight is 236 g/mol. The predicted octanol–water partition coefficient (Wildman–Crippen LogP) is 1.90. The molecule has 0 amide bonds. The standard InChI is InChI=1S/C13H17FN2O/c14-11-4-1-3-10(7-11)8-13-16-12(9-17-13)5-2-6-15/h1,3-4,7,12H,2,5-6,8-9,15H2. The zero-order valence-electron chi connectivity index (χ0n) is 9.73. The molecule has 1 aromatic rings. The summed E-state index contributed by atoms with van der Waals surface area (Å²) >= 11 is 0. The Bertz CT molecular complexity index is 406. The van der Waals surface area contributed by atoms with Crippen molar-refractivity contribution in [3.63, 3.8) is 0 Å². The monoisotopic (exact) mass is 236 g/mol. The van der Waals surface area contributed by atoms with Gasteiger partial charge in [0.15, 0.2) is 5.90 Å². The van der Waals surface area contributed by atoms with Crippen molar-refractivity contribution in [1.29, 1.82) is 0 Å². The van der Waals surface area contributed by atoms with Crippen molar-refractivity contribution in [3.05, 3.63) is 35.6 Å². The van der Waals surface area contributed by atoms with E-state index in [0.717, 1.165) is 18.4 Å². The maximum absolute atomic E-state index is 13.0. The van der Waals surface area contributed by atoms with Crippen LogP contribution in [0.25, 0.3) is 0 Å². The van der Waals surface area contributed by atoms with E-state index in [1.54, 1.807) is 6.07 Å². The topological polar surface area (TPSA) is 47.6 Å². The normalized spacial score (nSPS) is 18.9. The van der Waals surface area contributed by atoms with E-state index in [0.29, 0.717) is 25.5 Å². The highest BCUT2D eigenvalue weighted by Gasteiger charge is 2.18. The van der Waals surface area contributed by atoms with Gasteiger partial charge in [0.1, 0.15) is 12.4 Å². The first-order valence-corrected chi connectivity index (χ1v) is 5.92. The summed E-state index contributed by atoms with van der Waals surface area (Å²) in [5.41, 5.74) is 6.34. The summed E-state index contributed by atoms with van der Waals surface area (Å²) < 4.78 is 18.5. The molecule has 0 radical (unpaired) electrons. The maximum Gasteiger partial charge on any atom is 0.188 e. The van der Waals surface area contributed by atoms with Crippen LogP contribution in [-0.2, 0) is 11.2 Å². The Morgan fingerprint density at radius 2 is 2.35 bits per heavy atom. The molecule has 17 heavy (non-hydrogen) atoms. The Morgan fingerprint density at radius 1 is 1.47 bits per heavy atom. The molecule has 1 aliphatic heterocycles. The molecule has 1 aliphatic rings. The van der Waals surface area contributed by atoms with E-state index in [2.05, 4.69) is 4.99 Å². The summed E-state index contributed by atoms with van der Waals surface area (Å²) in [4.78, 5) is 4.47. The third-order valence-electron chi connectivity index (χ3n) is 2.75. The fourth-order valence-corrected chi connectivity index (χ4v) is 1.89. The van der Waals surface area contributed by atoms with Crippen LogP contribution in [0.3, 0.4) is 0 Å². The van der Waals surface area contributed by atoms with Gasteiger partial charge in [-0.05, 0) is 37.1 Å². The minimum Gasteiger partial charge on any atom is -0.478 e. The molecule has 0 spiro atoms. The molecule has 1 aromatic carbocycles. The van der Waals surface area contributed by atoms with E-state index >= 15 is 0 Å². The molecular formula is C13H17FN2O. The number of rotatable bonds is 5. The highest BCUT2D eigenvalue weighted by Crippen LogP contribution is 2.14. The van der Waals surface area contributed by atoms with Gasteiger partial charge >= 0.3 is 0 Å². The summed E-state index contributed by atoms with van der Waals surface area (Å²) in [6.07, 6.45) is 2.49. The third kappa shape index (κ3) is 3.53. The minimum absolute atomic E-state index is 0.222. The minimum atomic E-state index is -0.222. The number of halogens is 1. The van der Waals surface area contributed by atoms with Crippen molar-refractivity contribution < 1.29 is 9.13 Å². The summed E-state index contributed by atoms with van der Waals surface area (Å²) in [7, 11) is 0. The van der Waals surface area contributed by atoms with Crippen molar-refractivity contribution in [1.82, 2.24) is 0 Å². The van der Waals surface area contributed by atoms with Gasteiger partial charge in [0, 0.05) is 6.42 Å². The number of hydrogen-bond acceptors (Lipinski definition) is 3. The lowest BCUT2D eigenvalue weighted by Gasteiger charge is -2.02. The van der Waals surface area contributed by atoms with E-state index in [-0.39, 0.29) is 11.9 Å². The lowest BCUT2D eigenvalue weighted by molar-refractivity contribution is 0.305. The molecule has 0 fully saturated rings. The molecule has 1 atom stereocenters. The van der Waals surface area contributed by atoms with E-state index in [1.165, 1.54) is 12.1 Å². The second-order valence-corrected chi connectivity index (χ2v) is 4.23. The molecule has 0 saturated heterocycles. The first-order chi connectivity index (χ1) is 8.28. The predicted molar refractivity (Wildman–Crippen MR) is 65.6 cm³/mol. The molecule has 1 unspecified atom stereocenters. The van der Waals surface area contributed by atoms with Gasteiger partial charge in [0.05, 0.1) is 6.04 Å². The van der Waals surface area contributed by atoms with Crippen LogP contribution in [0, 0.1) is 5.82 Å². The van der Waals surface area contributed by atoms with E-state index < -0.39 is 0 Å². The largest absolute Gasteiger partial charge is 0.478 e. The molecule has 0 aromatic heterocycles. The average Bonchev–Trinajstić information content (AvgIpc) is 2.74. The SMILES string of the molecule is NCCCC1COC(Cc2cccc(F)c2)=N1. The van der Waals surface area contributed by atoms with Gasteiger partial charge in [-0.3, -0.25) is 0 Å². The molecular weight excluding hydrogens is 219 g/mol. The highest BCUT2D eigenvalue weighted by atomic mass is 19.1.